The average molecular weight is 429 g/mol. The van der Waals surface area contributed by atoms with Crippen molar-refractivity contribution in [3.63, 3.8) is 0 Å². The Morgan fingerprint density at radius 1 is 1.07 bits per heavy atom. The van der Waals surface area contributed by atoms with E-state index in [1.165, 1.54) is 11.8 Å². The van der Waals surface area contributed by atoms with Crippen LogP contribution in [0.3, 0.4) is 0 Å². The molecule has 0 aliphatic heterocycles. The Bertz CT molecular complexity index is 1020. The number of thioether (sulfide) groups is 1. The highest BCUT2D eigenvalue weighted by Gasteiger charge is 2.14. The number of aryl methyl sites for hydroxylation is 1. The Hall–Kier alpha value is -3.20. The van der Waals surface area contributed by atoms with Crippen molar-refractivity contribution in [2.24, 2.45) is 7.05 Å². The highest BCUT2D eigenvalue weighted by Crippen LogP contribution is 2.27. The monoisotopic (exact) mass is 428 g/mol. The maximum Gasteiger partial charge on any atom is 0.234 e. The first-order valence-corrected chi connectivity index (χ1v) is 10.2. The standard InChI is InChI=1S/C21H24N4O4S/c1-14-9-10-16(27-3)15(11-14)22-20(26)13-30-21-24-23-19(25(21)2)12-29-18-8-6-5-7-17(18)28-4/h5-11H,12-13H2,1-4H3,(H,22,26). The lowest BCUT2D eigenvalue weighted by Gasteiger charge is -2.11. The van der Waals surface area contributed by atoms with Gasteiger partial charge in [-0.15, -0.1) is 10.2 Å². The van der Waals surface area contributed by atoms with Crippen LogP contribution in [0.2, 0.25) is 0 Å². The van der Waals surface area contributed by atoms with Crippen molar-refractivity contribution >= 4 is 23.4 Å². The molecule has 8 nitrogen and oxygen atoms in total. The van der Waals surface area contributed by atoms with E-state index < -0.39 is 0 Å². The van der Waals surface area contributed by atoms with Crippen molar-refractivity contribution in [3.05, 3.63) is 53.9 Å². The Morgan fingerprint density at radius 2 is 1.80 bits per heavy atom. The predicted molar refractivity (Wildman–Crippen MR) is 115 cm³/mol. The summed E-state index contributed by atoms with van der Waals surface area (Å²) in [6.07, 6.45) is 0. The number of para-hydroxylation sites is 2. The summed E-state index contributed by atoms with van der Waals surface area (Å²) in [4.78, 5) is 12.4. The molecule has 158 valence electrons. The summed E-state index contributed by atoms with van der Waals surface area (Å²) >= 11 is 1.30. The number of methoxy groups -OCH3 is 2. The number of amides is 1. The highest BCUT2D eigenvalue weighted by molar-refractivity contribution is 7.99. The van der Waals surface area contributed by atoms with Crippen LogP contribution in [0.1, 0.15) is 11.4 Å². The van der Waals surface area contributed by atoms with Crippen molar-refractivity contribution in [2.75, 3.05) is 25.3 Å². The zero-order valence-corrected chi connectivity index (χ0v) is 18.2. The molecule has 1 heterocycles. The maximum atomic E-state index is 12.4. The number of hydrogen-bond donors (Lipinski definition) is 1. The van der Waals surface area contributed by atoms with Crippen LogP contribution in [-0.2, 0) is 18.4 Å². The Balaban J connectivity index is 1.57. The molecule has 0 atom stereocenters. The largest absolute Gasteiger partial charge is 0.495 e. The number of nitrogens with zero attached hydrogens (tertiary/aromatic N) is 3. The first kappa shape index (κ1) is 21.5. The topological polar surface area (TPSA) is 87.5 Å². The summed E-state index contributed by atoms with van der Waals surface area (Å²) in [6, 6.07) is 13.0. The molecule has 0 saturated heterocycles. The summed E-state index contributed by atoms with van der Waals surface area (Å²) in [5.74, 6) is 2.58. The van der Waals surface area contributed by atoms with Gasteiger partial charge in [-0.3, -0.25) is 4.79 Å². The summed E-state index contributed by atoms with van der Waals surface area (Å²) < 4.78 is 18.2. The number of ether oxygens (including phenoxy) is 3. The fourth-order valence-electron chi connectivity index (χ4n) is 2.71. The van der Waals surface area contributed by atoms with E-state index in [1.807, 2.05) is 56.4 Å². The van der Waals surface area contributed by atoms with Crippen LogP contribution in [0, 0.1) is 6.92 Å². The number of carbonyl (C=O) groups is 1. The van der Waals surface area contributed by atoms with Gasteiger partial charge in [0.15, 0.2) is 22.5 Å². The predicted octanol–water partition coefficient (Wildman–Crippen LogP) is 3.45. The number of anilines is 1. The van der Waals surface area contributed by atoms with Crippen molar-refractivity contribution in [3.8, 4) is 17.2 Å². The van der Waals surface area contributed by atoms with Gasteiger partial charge in [0.05, 0.1) is 25.7 Å². The fourth-order valence-corrected chi connectivity index (χ4v) is 3.44. The summed E-state index contributed by atoms with van der Waals surface area (Å²) in [7, 11) is 5.00. The van der Waals surface area contributed by atoms with Gasteiger partial charge in [-0.25, -0.2) is 0 Å². The molecule has 0 fully saturated rings. The van der Waals surface area contributed by atoms with Crippen molar-refractivity contribution in [1.29, 1.82) is 0 Å². The molecule has 3 aromatic rings. The summed E-state index contributed by atoms with van der Waals surface area (Å²) in [5, 5.41) is 11.8. The van der Waals surface area contributed by atoms with Gasteiger partial charge in [-0.1, -0.05) is 30.0 Å². The van der Waals surface area contributed by atoms with Crippen LogP contribution < -0.4 is 19.5 Å². The van der Waals surface area contributed by atoms with E-state index in [-0.39, 0.29) is 18.3 Å². The number of benzene rings is 2. The van der Waals surface area contributed by atoms with Crippen molar-refractivity contribution in [2.45, 2.75) is 18.7 Å². The zero-order valence-electron chi connectivity index (χ0n) is 17.3. The van der Waals surface area contributed by atoms with Gasteiger partial charge in [0, 0.05) is 7.05 Å². The maximum absolute atomic E-state index is 12.4. The molecule has 1 aromatic heterocycles. The molecule has 9 heteroatoms. The van der Waals surface area contributed by atoms with Gasteiger partial charge < -0.3 is 24.1 Å². The molecule has 30 heavy (non-hydrogen) atoms. The molecule has 0 bridgehead atoms. The second-order valence-corrected chi connectivity index (χ2v) is 7.38. The Labute approximate surface area is 179 Å². The van der Waals surface area contributed by atoms with Gasteiger partial charge in [0.1, 0.15) is 12.4 Å². The lowest BCUT2D eigenvalue weighted by Crippen LogP contribution is -2.15. The van der Waals surface area contributed by atoms with E-state index in [0.29, 0.717) is 33.9 Å². The summed E-state index contributed by atoms with van der Waals surface area (Å²) in [5.41, 5.74) is 1.68. The zero-order chi connectivity index (χ0) is 21.5. The van der Waals surface area contributed by atoms with Gasteiger partial charge >= 0.3 is 0 Å². The molecule has 0 radical (unpaired) electrons. The van der Waals surface area contributed by atoms with Crippen LogP contribution in [0.25, 0.3) is 0 Å². The molecular formula is C21H24N4O4S. The van der Waals surface area contributed by atoms with E-state index in [2.05, 4.69) is 15.5 Å². The number of carbonyl (C=O) groups excluding carboxylic acids is 1. The highest BCUT2D eigenvalue weighted by atomic mass is 32.2. The van der Waals surface area contributed by atoms with Crippen LogP contribution in [-0.4, -0.2) is 40.6 Å². The minimum atomic E-state index is -0.154. The normalized spacial score (nSPS) is 10.5. The molecule has 1 N–H and O–H groups in total. The van der Waals surface area contributed by atoms with E-state index in [1.54, 1.807) is 18.8 Å². The van der Waals surface area contributed by atoms with Crippen LogP contribution >= 0.6 is 11.8 Å². The first-order valence-electron chi connectivity index (χ1n) is 9.23. The third-order valence-electron chi connectivity index (χ3n) is 4.31. The van der Waals surface area contributed by atoms with Gasteiger partial charge in [0.2, 0.25) is 5.91 Å². The molecular weight excluding hydrogens is 404 g/mol. The van der Waals surface area contributed by atoms with Crippen LogP contribution in [0.5, 0.6) is 17.2 Å². The third-order valence-corrected chi connectivity index (χ3v) is 5.33. The Kier molecular flexibility index (Phi) is 7.18. The number of aromatic nitrogens is 3. The Morgan fingerprint density at radius 3 is 2.53 bits per heavy atom. The van der Waals surface area contributed by atoms with Gasteiger partial charge in [-0.05, 0) is 36.8 Å². The molecule has 2 aromatic carbocycles. The van der Waals surface area contributed by atoms with Gasteiger partial charge in [0.25, 0.3) is 0 Å². The molecule has 1 amide bonds. The van der Waals surface area contributed by atoms with Gasteiger partial charge in [-0.2, -0.15) is 0 Å². The van der Waals surface area contributed by atoms with Crippen molar-refractivity contribution in [1.82, 2.24) is 14.8 Å². The molecule has 3 rings (SSSR count). The second-order valence-electron chi connectivity index (χ2n) is 6.44. The quantitative estimate of drug-likeness (QED) is 0.522. The lowest BCUT2D eigenvalue weighted by molar-refractivity contribution is -0.113. The van der Waals surface area contributed by atoms with Crippen molar-refractivity contribution < 1.29 is 19.0 Å². The number of rotatable bonds is 9. The molecule has 0 aliphatic carbocycles. The fraction of sp³-hybridized carbons (Fsp3) is 0.286. The van der Waals surface area contributed by atoms with E-state index in [0.717, 1.165) is 5.56 Å². The SMILES string of the molecule is COc1ccc(C)cc1NC(=O)CSc1nnc(COc2ccccc2OC)n1C. The second kappa shape index (κ2) is 10.0. The third kappa shape index (κ3) is 5.24. The molecule has 0 saturated carbocycles. The molecule has 0 spiro atoms. The minimum Gasteiger partial charge on any atom is -0.495 e. The van der Waals surface area contributed by atoms with Crippen LogP contribution in [0.4, 0.5) is 5.69 Å². The van der Waals surface area contributed by atoms with E-state index in [4.69, 9.17) is 14.2 Å². The van der Waals surface area contributed by atoms with Crippen LogP contribution in [0.15, 0.2) is 47.6 Å². The van der Waals surface area contributed by atoms with E-state index >= 15 is 0 Å². The summed E-state index contributed by atoms with van der Waals surface area (Å²) in [6.45, 7) is 2.19. The first-order chi connectivity index (χ1) is 14.5. The molecule has 0 aliphatic rings. The molecule has 0 unspecified atom stereocenters. The number of nitrogens with one attached hydrogen (secondary N) is 1. The lowest BCUT2D eigenvalue weighted by atomic mass is 10.2. The minimum absolute atomic E-state index is 0.154. The average Bonchev–Trinajstić information content (AvgIpc) is 3.10. The van der Waals surface area contributed by atoms with E-state index in [9.17, 15) is 4.79 Å². The smallest absolute Gasteiger partial charge is 0.234 e. The number of hydrogen-bond acceptors (Lipinski definition) is 7.